The summed E-state index contributed by atoms with van der Waals surface area (Å²) in [6.07, 6.45) is 1.86. The van der Waals surface area contributed by atoms with Gasteiger partial charge in [0.25, 0.3) is 0 Å². The Morgan fingerprint density at radius 1 is 1.32 bits per heavy atom. The molecule has 19 heavy (non-hydrogen) atoms. The van der Waals surface area contributed by atoms with Crippen LogP contribution in [0.5, 0.6) is 5.75 Å². The van der Waals surface area contributed by atoms with Crippen molar-refractivity contribution in [3.63, 3.8) is 0 Å². The summed E-state index contributed by atoms with van der Waals surface area (Å²) in [7, 11) is 1.70. The molecule has 1 heterocycles. The second kappa shape index (κ2) is 8.12. The first-order valence-electron chi connectivity index (χ1n) is 6.83. The van der Waals surface area contributed by atoms with Gasteiger partial charge in [0.1, 0.15) is 5.75 Å². The molecule has 4 nitrogen and oxygen atoms in total. The van der Waals surface area contributed by atoms with Crippen LogP contribution in [-0.4, -0.2) is 31.9 Å². The molecular weight excluding hydrogens is 240 g/mol. The fourth-order valence-electron chi connectivity index (χ4n) is 1.92. The molecule has 0 aliphatic heterocycles. The van der Waals surface area contributed by atoms with Crippen molar-refractivity contribution in [3.05, 3.63) is 23.0 Å². The van der Waals surface area contributed by atoms with Gasteiger partial charge in [-0.15, -0.1) is 0 Å². The SMILES string of the molecule is COc1c(C)cnc(CNCCOCC(C)C)c1C. The quantitative estimate of drug-likeness (QED) is 0.734. The summed E-state index contributed by atoms with van der Waals surface area (Å²) in [4.78, 5) is 4.45. The molecule has 0 aromatic carbocycles. The molecular formula is C15H26N2O2. The Morgan fingerprint density at radius 3 is 2.68 bits per heavy atom. The average Bonchev–Trinajstić information content (AvgIpc) is 2.36. The van der Waals surface area contributed by atoms with Gasteiger partial charge in [0.2, 0.25) is 0 Å². The smallest absolute Gasteiger partial charge is 0.128 e. The summed E-state index contributed by atoms with van der Waals surface area (Å²) in [5, 5.41) is 3.34. The van der Waals surface area contributed by atoms with Crippen LogP contribution in [0, 0.1) is 19.8 Å². The highest BCUT2D eigenvalue weighted by molar-refractivity contribution is 5.40. The van der Waals surface area contributed by atoms with Gasteiger partial charge in [0.15, 0.2) is 0 Å². The van der Waals surface area contributed by atoms with Crippen molar-refractivity contribution in [2.24, 2.45) is 5.92 Å². The maximum atomic E-state index is 5.52. The van der Waals surface area contributed by atoms with E-state index in [4.69, 9.17) is 9.47 Å². The summed E-state index contributed by atoms with van der Waals surface area (Å²) >= 11 is 0. The number of nitrogens with one attached hydrogen (secondary N) is 1. The third kappa shape index (κ3) is 5.17. The van der Waals surface area contributed by atoms with Crippen LogP contribution in [-0.2, 0) is 11.3 Å². The monoisotopic (exact) mass is 266 g/mol. The summed E-state index contributed by atoms with van der Waals surface area (Å²) in [6.45, 7) is 11.5. The van der Waals surface area contributed by atoms with E-state index in [2.05, 4.69) is 24.1 Å². The molecule has 1 N–H and O–H groups in total. The molecule has 0 saturated heterocycles. The van der Waals surface area contributed by atoms with Gasteiger partial charge in [-0.25, -0.2) is 0 Å². The van der Waals surface area contributed by atoms with Crippen LogP contribution in [0.4, 0.5) is 0 Å². The van der Waals surface area contributed by atoms with Gasteiger partial charge in [-0.1, -0.05) is 13.8 Å². The van der Waals surface area contributed by atoms with E-state index in [1.807, 2.05) is 20.0 Å². The van der Waals surface area contributed by atoms with Crippen molar-refractivity contribution in [1.82, 2.24) is 10.3 Å². The molecule has 0 aliphatic carbocycles. The van der Waals surface area contributed by atoms with Crippen LogP contribution in [0.25, 0.3) is 0 Å². The lowest BCUT2D eigenvalue weighted by molar-refractivity contribution is 0.111. The lowest BCUT2D eigenvalue weighted by Gasteiger charge is -2.13. The predicted octanol–water partition coefficient (Wildman–Crippen LogP) is 2.47. The van der Waals surface area contributed by atoms with Gasteiger partial charge in [-0.2, -0.15) is 0 Å². The fourth-order valence-corrected chi connectivity index (χ4v) is 1.92. The third-order valence-corrected chi connectivity index (χ3v) is 2.92. The Morgan fingerprint density at radius 2 is 2.05 bits per heavy atom. The number of hydrogen-bond acceptors (Lipinski definition) is 4. The number of pyridine rings is 1. The first kappa shape index (κ1) is 15.9. The highest BCUT2D eigenvalue weighted by Gasteiger charge is 2.08. The highest BCUT2D eigenvalue weighted by atomic mass is 16.5. The summed E-state index contributed by atoms with van der Waals surface area (Å²) in [5.41, 5.74) is 3.22. The minimum absolute atomic E-state index is 0.588. The number of hydrogen-bond donors (Lipinski definition) is 1. The molecule has 0 unspecified atom stereocenters. The average molecular weight is 266 g/mol. The molecule has 0 bridgehead atoms. The van der Waals surface area contributed by atoms with E-state index in [-0.39, 0.29) is 0 Å². The second-order valence-corrected chi connectivity index (χ2v) is 5.19. The number of aryl methyl sites for hydroxylation is 1. The zero-order chi connectivity index (χ0) is 14.3. The topological polar surface area (TPSA) is 43.4 Å². The van der Waals surface area contributed by atoms with E-state index in [1.165, 1.54) is 0 Å². The molecule has 0 amide bonds. The van der Waals surface area contributed by atoms with Crippen molar-refractivity contribution in [2.45, 2.75) is 34.2 Å². The Hall–Kier alpha value is -1.13. The first-order chi connectivity index (χ1) is 9.06. The number of aromatic nitrogens is 1. The molecule has 0 atom stereocenters. The summed E-state index contributed by atoms with van der Waals surface area (Å²) in [6, 6.07) is 0. The maximum absolute atomic E-state index is 5.52. The maximum Gasteiger partial charge on any atom is 0.128 e. The Balaban J connectivity index is 2.38. The van der Waals surface area contributed by atoms with Gasteiger partial charge in [-0.05, 0) is 19.8 Å². The molecule has 0 spiro atoms. The zero-order valence-corrected chi connectivity index (χ0v) is 12.7. The summed E-state index contributed by atoms with van der Waals surface area (Å²) in [5.74, 6) is 1.52. The van der Waals surface area contributed by atoms with Crippen LogP contribution < -0.4 is 10.1 Å². The van der Waals surface area contributed by atoms with Gasteiger partial charge in [0.05, 0.1) is 19.4 Å². The van der Waals surface area contributed by atoms with Crippen LogP contribution in [0.3, 0.4) is 0 Å². The molecule has 108 valence electrons. The van der Waals surface area contributed by atoms with E-state index in [0.29, 0.717) is 5.92 Å². The molecule has 0 radical (unpaired) electrons. The Labute approximate surface area is 116 Å². The van der Waals surface area contributed by atoms with Crippen molar-refractivity contribution in [1.29, 1.82) is 0 Å². The van der Waals surface area contributed by atoms with Crippen molar-refractivity contribution in [3.8, 4) is 5.75 Å². The third-order valence-electron chi connectivity index (χ3n) is 2.92. The van der Waals surface area contributed by atoms with E-state index < -0.39 is 0 Å². The Bertz CT molecular complexity index is 392. The van der Waals surface area contributed by atoms with E-state index >= 15 is 0 Å². The van der Waals surface area contributed by atoms with Crippen LogP contribution >= 0.6 is 0 Å². The van der Waals surface area contributed by atoms with E-state index in [1.54, 1.807) is 7.11 Å². The van der Waals surface area contributed by atoms with Gasteiger partial charge in [0, 0.05) is 37.0 Å². The molecule has 1 aromatic heterocycles. The van der Waals surface area contributed by atoms with Gasteiger partial charge < -0.3 is 14.8 Å². The summed E-state index contributed by atoms with van der Waals surface area (Å²) < 4.78 is 10.9. The standard InChI is InChI=1S/C15H26N2O2/c1-11(2)10-19-7-6-16-9-14-13(4)15(18-5)12(3)8-17-14/h8,11,16H,6-7,9-10H2,1-5H3. The fraction of sp³-hybridized carbons (Fsp3) is 0.667. The largest absolute Gasteiger partial charge is 0.496 e. The van der Waals surface area contributed by atoms with E-state index in [0.717, 1.165) is 48.9 Å². The number of nitrogens with zero attached hydrogens (tertiary/aromatic N) is 1. The van der Waals surface area contributed by atoms with Crippen LogP contribution in [0.2, 0.25) is 0 Å². The molecule has 1 aromatic rings. The minimum Gasteiger partial charge on any atom is -0.496 e. The second-order valence-electron chi connectivity index (χ2n) is 5.19. The Kier molecular flexibility index (Phi) is 6.81. The predicted molar refractivity (Wildman–Crippen MR) is 77.6 cm³/mol. The highest BCUT2D eigenvalue weighted by Crippen LogP contribution is 2.23. The van der Waals surface area contributed by atoms with Crippen molar-refractivity contribution in [2.75, 3.05) is 26.9 Å². The van der Waals surface area contributed by atoms with Crippen LogP contribution in [0.15, 0.2) is 6.20 Å². The molecule has 0 saturated carbocycles. The lowest BCUT2D eigenvalue weighted by atomic mass is 10.1. The zero-order valence-electron chi connectivity index (χ0n) is 12.7. The normalized spacial score (nSPS) is 11.1. The molecule has 0 fully saturated rings. The number of ether oxygens (including phenoxy) is 2. The van der Waals surface area contributed by atoms with E-state index in [9.17, 15) is 0 Å². The number of rotatable bonds is 8. The number of methoxy groups -OCH3 is 1. The van der Waals surface area contributed by atoms with Gasteiger partial charge >= 0.3 is 0 Å². The minimum atomic E-state index is 0.588. The van der Waals surface area contributed by atoms with Crippen LogP contribution in [0.1, 0.15) is 30.7 Å². The van der Waals surface area contributed by atoms with Crippen molar-refractivity contribution >= 4 is 0 Å². The van der Waals surface area contributed by atoms with Gasteiger partial charge in [-0.3, -0.25) is 4.98 Å². The molecule has 4 heteroatoms. The molecule has 0 aliphatic rings. The van der Waals surface area contributed by atoms with Crippen molar-refractivity contribution < 1.29 is 9.47 Å². The molecule has 1 rings (SSSR count). The first-order valence-corrected chi connectivity index (χ1v) is 6.83. The lowest BCUT2D eigenvalue weighted by Crippen LogP contribution is -2.21.